The first kappa shape index (κ1) is 16.0. The molecule has 9 heteroatoms. The van der Waals surface area contributed by atoms with Gasteiger partial charge in [-0.3, -0.25) is 0 Å². The molecule has 23 heavy (non-hydrogen) atoms. The first-order valence-electron chi connectivity index (χ1n) is 6.66. The number of para-hydroxylation sites is 1. The second-order valence-electron chi connectivity index (χ2n) is 5.56. The van der Waals surface area contributed by atoms with Crippen molar-refractivity contribution in [3.05, 3.63) is 35.9 Å². The lowest BCUT2D eigenvalue weighted by molar-refractivity contribution is -0.258. The molecule has 3 rings (SSSR count). The fraction of sp³-hybridized carbons (Fsp3) is 0.357. The minimum Gasteiger partial charge on any atom is -0.360 e. The molecule has 1 aromatic carbocycles. The van der Waals surface area contributed by atoms with Crippen molar-refractivity contribution in [2.45, 2.75) is 17.9 Å². The van der Waals surface area contributed by atoms with Crippen molar-refractivity contribution in [3.63, 3.8) is 0 Å². The molecule has 124 valence electrons. The van der Waals surface area contributed by atoms with E-state index in [0.29, 0.717) is 11.3 Å². The Labute approximate surface area is 130 Å². The number of sulfone groups is 1. The Kier molecular flexibility index (Phi) is 3.35. The van der Waals surface area contributed by atoms with Crippen LogP contribution in [0.25, 0.3) is 6.08 Å². The third kappa shape index (κ3) is 2.53. The molecular formula is C14H13F3N2O3S. The lowest BCUT2D eigenvalue weighted by atomic mass is 10.0. The number of anilines is 1. The number of alkyl halides is 3. The van der Waals surface area contributed by atoms with E-state index in [9.17, 15) is 26.7 Å². The van der Waals surface area contributed by atoms with E-state index < -0.39 is 33.5 Å². The molecule has 1 aromatic rings. The van der Waals surface area contributed by atoms with E-state index in [1.165, 1.54) is 6.08 Å². The minimum atomic E-state index is -5.10. The highest BCUT2D eigenvalue weighted by Gasteiger charge is 2.65. The predicted molar refractivity (Wildman–Crippen MR) is 79.9 cm³/mol. The molecule has 0 aromatic heterocycles. The second-order valence-corrected chi connectivity index (χ2v) is 7.75. The summed E-state index contributed by atoms with van der Waals surface area (Å²) in [6, 6.07) is 4.80. The van der Waals surface area contributed by atoms with Crippen molar-refractivity contribution in [2.24, 2.45) is 4.99 Å². The maximum absolute atomic E-state index is 13.4. The summed E-state index contributed by atoms with van der Waals surface area (Å²) in [5, 5.41) is 10.2. The normalized spacial score (nSPS) is 26.7. The van der Waals surface area contributed by atoms with Crippen molar-refractivity contribution in [3.8, 4) is 0 Å². The van der Waals surface area contributed by atoms with Gasteiger partial charge in [0.2, 0.25) is 0 Å². The topological polar surface area (TPSA) is 70.0 Å². The molecule has 2 aliphatic rings. The molecule has 0 bridgehead atoms. The number of nitrogens with zero attached hydrogens (tertiary/aromatic N) is 2. The summed E-state index contributed by atoms with van der Waals surface area (Å²) in [5.74, 6) is -0.991. The first-order chi connectivity index (χ1) is 10.5. The SMILES string of the molecule is CS(=O)(=O)CC1N2C(=NC1(O)C(F)(F)F)C=Cc1ccccc12. The molecular weight excluding hydrogens is 333 g/mol. The Bertz CT molecular complexity index is 817. The molecule has 0 aliphatic carbocycles. The predicted octanol–water partition coefficient (Wildman–Crippen LogP) is 1.60. The van der Waals surface area contributed by atoms with Gasteiger partial charge in [-0.25, -0.2) is 13.4 Å². The summed E-state index contributed by atoms with van der Waals surface area (Å²) < 4.78 is 63.4. The Hall–Kier alpha value is -1.87. The Balaban J connectivity index is 2.18. The standard InChI is InChI=1S/C14H13F3N2O3S/c1-23(21,22)8-11-13(20,14(15,16)17)18-12-7-6-9-4-2-3-5-10(9)19(11)12/h2-7,11,20H,8H2,1H3. The number of benzene rings is 1. The van der Waals surface area contributed by atoms with E-state index in [1.54, 1.807) is 30.3 Å². The van der Waals surface area contributed by atoms with Crippen LogP contribution in [0.3, 0.4) is 0 Å². The summed E-state index contributed by atoms with van der Waals surface area (Å²) in [4.78, 5) is 4.54. The molecule has 0 amide bonds. The van der Waals surface area contributed by atoms with Crippen LogP contribution in [0, 0.1) is 0 Å². The number of amidine groups is 1. The molecule has 0 saturated carbocycles. The minimum absolute atomic E-state index is 0.114. The number of aliphatic imine (C=N–C) groups is 1. The number of fused-ring (bicyclic) bond motifs is 3. The van der Waals surface area contributed by atoms with Crippen LogP contribution < -0.4 is 4.90 Å². The summed E-state index contributed by atoms with van der Waals surface area (Å²) in [6.07, 6.45) is -1.37. The number of aliphatic hydroxyl groups is 1. The van der Waals surface area contributed by atoms with E-state index in [4.69, 9.17) is 0 Å². The van der Waals surface area contributed by atoms with Gasteiger partial charge in [-0.1, -0.05) is 18.2 Å². The zero-order chi connectivity index (χ0) is 17.0. The second kappa shape index (κ2) is 4.81. The number of hydrogen-bond acceptors (Lipinski definition) is 5. The van der Waals surface area contributed by atoms with Crippen LogP contribution in [-0.2, 0) is 9.84 Å². The van der Waals surface area contributed by atoms with E-state index in [1.807, 2.05) is 0 Å². The van der Waals surface area contributed by atoms with Gasteiger partial charge in [0.25, 0.3) is 5.72 Å². The quantitative estimate of drug-likeness (QED) is 0.883. The van der Waals surface area contributed by atoms with Crippen LogP contribution in [0.15, 0.2) is 35.3 Å². The monoisotopic (exact) mass is 346 g/mol. The molecule has 2 unspecified atom stereocenters. The fourth-order valence-corrected chi connectivity index (χ4v) is 3.75. The molecule has 2 aliphatic heterocycles. The molecule has 0 radical (unpaired) electrons. The average molecular weight is 346 g/mol. The lowest BCUT2D eigenvalue weighted by Crippen LogP contribution is -2.58. The average Bonchev–Trinajstić information content (AvgIpc) is 2.71. The zero-order valence-electron chi connectivity index (χ0n) is 11.9. The maximum atomic E-state index is 13.4. The van der Waals surface area contributed by atoms with Crippen LogP contribution in [0.2, 0.25) is 0 Å². The number of hydrogen-bond donors (Lipinski definition) is 1. The highest BCUT2D eigenvalue weighted by molar-refractivity contribution is 7.90. The van der Waals surface area contributed by atoms with E-state index in [2.05, 4.69) is 4.99 Å². The number of rotatable bonds is 2. The largest absolute Gasteiger partial charge is 0.440 e. The maximum Gasteiger partial charge on any atom is 0.440 e. The molecule has 0 saturated heterocycles. The highest BCUT2D eigenvalue weighted by atomic mass is 32.2. The van der Waals surface area contributed by atoms with Gasteiger partial charge < -0.3 is 10.0 Å². The van der Waals surface area contributed by atoms with E-state index in [-0.39, 0.29) is 5.84 Å². The van der Waals surface area contributed by atoms with Crippen molar-refractivity contribution < 1.29 is 26.7 Å². The van der Waals surface area contributed by atoms with Crippen LogP contribution >= 0.6 is 0 Å². The smallest absolute Gasteiger partial charge is 0.360 e. The Morgan fingerprint density at radius 1 is 1.30 bits per heavy atom. The van der Waals surface area contributed by atoms with Crippen LogP contribution in [-0.4, -0.2) is 49.3 Å². The van der Waals surface area contributed by atoms with Crippen molar-refractivity contribution in [2.75, 3.05) is 16.9 Å². The Morgan fingerprint density at radius 2 is 1.96 bits per heavy atom. The molecule has 0 fully saturated rings. The van der Waals surface area contributed by atoms with Crippen molar-refractivity contribution in [1.29, 1.82) is 0 Å². The third-order valence-electron chi connectivity index (χ3n) is 3.79. The highest BCUT2D eigenvalue weighted by Crippen LogP contribution is 2.44. The summed E-state index contributed by atoms with van der Waals surface area (Å²) in [5.41, 5.74) is -2.48. The van der Waals surface area contributed by atoms with Gasteiger partial charge in [0.05, 0.1) is 11.4 Å². The molecule has 2 atom stereocenters. The van der Waals surface area contributed by atoms with Crippen LogP contribution in [0.5, 0.6) is 0 Å². The summed E-state index contributed by atoms with van der Waals surface area (Å²) in [6.45, 7) is 0. The van der Waals surface area contributed by atoms with Crippen molar-refractivity contribution in [1.82, 2.24) is 0 Å². The molecule has 0 spiro atoms. The molecule has 2 heterocycles. The lowest BCUT2D eigenvalue weighted by Gasteiger charge is -2.36. The first-order valence-corrected chi connectivity index (χ1v) is 8.72. The van der Waals surface area contributed by atoms with Crippen LogP contribution in [0.4, 0.5) is 18.9 Å². The fourth-order valence-electron chi connectivity index (χ4n) is 2.79. The molecule has 5 nitrogen and oxygen atoms in total. The van der Waals surface area contributed by atoms with Crippen LogP contribution in [0.1, 0.15) is 5.56 Å². The summed E-state index contributed by atoms with van der Waals surface area (Å²) >= 11 is 0. The summed E-state index contributed by atoms with van der Waals surface area (Å²) in [7, 11) is -3.79. The van der Waals surface area contributed by atoms with Gasteiger partial charge >= 0.3 is 6.18 Å². The van der Waals surface area contributed by atoms with Gasteiger partial charge in [0.15, 0.2) is 0 Å². The van der Waals surface area contributed by atoms with Gasteiger partial charge in [0.1, 0.15) is 21.7 Å². The Morgan fingerprint density at radius 3 is 2.57 bits per heavy atom. The third-order valence-corrected chi connectivity index (χ3v) is 4.72. The van der Waals surface area contributed by atoms with Gasteiger partial charge in [0, 0.05) is 6.26 Å². The van der Waals surface area contributed by atoms with Crippen molar-refractivity contribution >= 4 is 27.4 Å². The van der Waals surface area contributed by atoms with Gasteiger partial charge in [-0.05, 0) is 23.8 Å². The van der Waals surface area contributed by atoms with Gasteiger partial charge in [-0.2, -0.15) is 13.2 Å². The van der Waals surface area contributed by atoms with Gasteiger partial charge in [-0.15, -0.1) is 0 Å². The number of halogens is 3. The van der Waals surface area contributed by atoms with E-state index in [0.717, 1.165) is 11.2 Å². The van der Waals surface area contributed by atoms with E-state index >= 15 is 0 Å². The molecule has 1 N–H and O–H groups in total. The zero-order valence-corrected chi connectivity index (χ0v) is 12.8.